The second kappa shape index (κ2) is 37.6. The van der Waals surface area contributed by atoms with Crippen LogP contribution in [0.15, 0.2) is 27.2 Å². The first-order valence-electron chi connectivity index (χ1n) is 25.2. The quantitative estimate of drug-likeness (QED) is 0.00579. The molecule has 1 rings (SSSR count). The third kappa shape index (κ3) is 28.8. The lowest BCUT2D eigenvalue weighted by Gasteiger charge is -2.19. The number of hydrogen-bond acceptors (Lipinski definition) is 16. The van der Waals surface area contributed by atoms with Gasteiger partial charge in [-0.15, -0.1) is 0 Å². The molecule has 0 aliphatic heterocycles. The second-order valence-electron chi connectivity index (χ2n) is 18.0. The van der Waals surface area contributed by atoms with Crippen molar-refractivity contribution in [1.82, 2.24) is 5.32 Å². The number of nitrogens with zero attached hydrogens (tertiary/aromatic N) is 6. The van der Waals surface area contributed by atoms with Crippen LogP contribution in [-0.4, -0.2) is 103 Å². The summed E-state index contributed by atoms with van der Waals surface area (Å²) in [5.74, 6) is -5.30. The zero-order chi connectivity index (χ0) is 55.4. The average Bonchev–Trinajstić information content (AvgIpc) is 3.35. The molecule has 1 aromatic rings. The fourth-order valence-electron chi connectivity index (χ4n) is 7.82. The number of methoxy groups -OCH3 is 1. The molecule has 25 heteroatoms. The van der Waals surface area contributed by atoms with Gasteiger partial charge in [-0.3, -0.25) is 58.5 Å². The minimum atomic E-state index is -0.913. The van der Waals surface area contributed by atoms with Gasteiger partial charge in [-0.05, 0) is 76.3 Å². The molecular formula is C49H78N12O13. The number of unbranched alkanes of at least 4 members (excludes halogenated alkanes) is 2. The van der Waals surface area contributed by atoms with E-state index >= 15 is 0 Å². The summed E-state index contributed by atoms with van der Waals surface area (Å²) in [4.78, 5) is 125. The standard InChI is InChI=1S/C49H78N12O13/c1-4-5-17-46(68)74-32(2)39-30-43(72-3)44(31-40(39)61(70)71)73-26-11-16-45(67)56-22-7-6-12-35(47(50)69)29-42(66)34(14-9-24-58-49(53)54)28-38(64)19-18-36(62)20-21-41(65)33(13-8-23-57-48(51)52)27-37(63)15-10-25-59-60-55/h30-35H,4-29H2,1-3H3,(H2,50,69)(H,56,67)(H4,51,52,57)(H4,53,54,58). The predicted molar refractivity (Wildman–Crippen MR) is 275 cm³/mol. The number of carbonyl (C=O) groups is 8. The van der Waals surface area contributed by atoms with E-state index in [4.69, 9.17) is 48.4 Å². The number of Topliss-reactive ketones (excluding diaryl/α,β-unsaturated/α-hetero) is 5. The molecule has 0 radical (unpaired) electrons. The number of guanidine groups is 2. The highest BCUT2D eigenvalue weighted by atomic mass is 16.6. The topological polar surface area (TPSA) is 423 Å². The van der Waals surface area contributed by atoms with Crippen molar-refractivity contribution in [1.29, 1.82) is 0 Å². The Morgan fingerprint density at radius 2 is 1.28 bits per heavy atom. The van der Waals surface area contributed by atoms with Crippen molar-refractivity contribution in [3.8, 4) is 11.5 Å². The number of nitrogens with one attached hydrogen (secondary N) is 1. The number of aliphatic imine (C=N–C) groups is 2. The number of hydrogen-bond donors (Lipinski definition) is 6. The lowest BCUT2D eigenvalue weighted by molar-refractivity contribution is -0.386. The van der Waals surface area contributed by atoms with Gasteiger partial charge in [0.15, 0.2) is 23.4 Å². The Balaban J connectivity index is 2.74. The van der Waals surface area contributed by atoms with Crippen molar-refractivity contribution in [2.24, 2.45) is 61.5 Å². The van der Waals surface area contributed by atoms with Crippen LogP contribution >= 0.6 is 0 Å². The summed E-state index contributed by atoms with van der Waals surface area (Å²) in [6, 6.07) is 2.59. The van der Waals surface area contributed by atoms with Crippen LogP contribution in [0.25, 0.3) is 10.4 Å². The van der Waals surface area contributed by atoms with Crippen molar-refractivity contribution in [3.63, 3.8) is 0 Å². The number of amides is 2. The summed E-state index contributed by atoms with van der Waals surface area (Å²) < 4.78 is 16.5. The molecule has 0 fully saturated rings. The van der Waals surface area contributed by atoms with Gasteiger partial charge in [-0.2, -0.15) is 0 Å². The summed E-state index contributed by atoms with van der Waals surface area (Å²) in [5.41, 5.74) is 35.6. The number of nitro groups is 1. The fraction of sp³-hybridized carbons (Fsp3) is 0.673. The molecular weight excluding hydrogens is 965 g/mol. The van der Waals surface area contributed by atoms with Gasteiger partial charge in [-0.1, -0.05) is 24.9 Å². The first kappa shape index (κ1) is 64.8. The summed E-state index contributed by atoms with van der Waals surface area (Å²) in [7, 11) is 1.37. The normalized spacial score (nSPS) is 12.4. The first-order valence-corrected chi connectivity index (χ1v) is 25.2. The molecule has 4 atom stereocenters. The van der Waals surface area contributed by atoms with Crippen LogP contribution in [0.4, 0.5) is 5.69 Å². The first-order chi connectivity index (χ1) is 35.2. The highest BCUT2D eigenvalue weighted by molar-refractivity contribution is 5.94. The van der Waals surface area contributed by atoms with Gasteiger partial charge in [0, 0.05) is 113 Å². The summed E-state index contributed by atoms with van der Waals surface area (Å²) in [5, 5.41) is 18.1. The highest BCUT2D eigenvalue weighted by Gasteiger charge is 2.29. The van der Waals surface area contributed by atoms with E-state index in [2.05, 4.69) is 25.3 Å². The maximum absolute atomic E-state index is 13.6. The molecule has 0 aromatic heterocycles. The lowest BCUT2D eigenvalue weighted by Crippen LogP contribution is -2.29. The number of rotatable bonds is 44. The molecule has 0 aliphatic carbocycles. The van der Waals surface area contributed by atoms with Gasteiger partial charge >= 0.3 is 5.97 Å². The van der Waals surface area contributed by atoms with Gasteiger partial charge < -0.3 is 48.2 Å². The van der Waals surface area contributed by atoms with Gasteiger partial charge in [0.2, 0.25) is 11.8 Å². The number of azide groups is 1. The Hall–Kier alpha value is -7.17. The Bertz CT molecular complexity index is 2140. The molecule has 74 heavy (non-hydrogen) atoms. The van der Waals surface area contributed by atoms with E-state index in [-0.39, 0.29) is 186 Å². The van der Waals surface area contributed by atoms with Crippen molar-refractivity contribution in [2.75, 3.05) is 39.9 Å². The molecule has 2 amide bonds. The summed E-state index contributed by atoms with van der Waals surface area (Å²) in [6.45, 7) is 4.33. The molecule has 0 bridgehead atoms. The SMILES string of the molecule is CCCCC(=O)OC(C)c1cc(OC)c(OCCCC(=O)NCCCCC(CC(=O)C(CCCN=C(N)N)CC(=O)CCC(=O)CCC(=O)C(CCCN=C(N)N)CC(=O)CCCN=[N+]=[N-])C(N)=O)cc1[N+](=O)[O-]. The van der Waals surface area contributed by atoms with E-state index in [0.717, 1.165) is 6.42 Å². The minimum absolute atomic E-state index is 0.0266. The van der Waals surface area contributed by atoms with Gasteiger partial charge in [0.1, 0.15) is 35.0 Å². The zero-order valence-electron chi connectivity index (χ0n) is 43.2. The van der Waals surface area contributed by atoms with Crippen LogP contribution in [0.3, 0.4) is 0 Å². The van der Waals surface area contributed by atoms with E-state index in [0.29, 0.717) is 44.9 Å². The van der Waals surface area contributed by atoms with Crippen LogP contribution in [0, 0.1) is 27.9 Å². The fourth-order valence-corrected chi connectivity index (χ4v) is 7.82. The van der Waals surface area contributed by atoms with Crippen molar-refractivity contribution in [3.05, 3.63) is 38.3 Å². The van der Waals surface area contributed by atoms with E-state index in [9.17, 15) is 48.5 Å². The minimum Gasteiger partial charge on any atom is -0.493 e. The number of nitrogens with two attached hydrogens (primary N) is 5. The van der Waals surface area contributed by atoms with Crippen molar-refractivity contribution < 1.29 is 57.5 Å². The molecule has 412 valence electrons. The number of esters is 1. The smallest absolute Gasteiger partial charge is 0.306 e. The van der Waals surface area contributed by atoms with Crippen LogP contribution in [0.5, 0.6) is 11.5 Å². The van der Waals surface area contributed by atoms with Crippen molar-refractivity contribution >= 4 is 64.3 Å². The van der Waals surface area contributed by atoms with Crippen LogP contribution < -0.4 is 43.5 Å². The van der Waals surface area contributed by atoms with Crippen LogP contribution in [-0.2, 0) is 43.1 Å². The summed E-state index contributed by atoms with van der Waals surface area (Å²) in [6.07, 6.45) is 2.80. The Morgan fingerprint density at radius 1 is 0.689 bits per heavy atom. The third-order valence-electron chi connectivity index (χ3n) is 11.9. The highest BCUT2D eigenvalue weighted by Crippen LogP contribution is 2.39. The number of ether oxygens (including phenoxy) is 3. The van der Waals surface area contributed by atoms with E-state index in [1.807, 2.05) is 6.92 Å². The molecule has 0 saturated carbocycles. The monoisotopic (exact) mass is 1040 g/mol. The second-order valence-corrected chi connectivity index (χ2v) is 18.0. The molecule has 0 heterocycles. The number of ketones is 5. The van der Waals surface area contributed by atoms with E-state index in [1.165, 1.54) is 26.2 Å². The summed E-state index contributed by atoms with van der Waals surface area (Å²) >= 11 is 0. The lowest BCUT2D eigenvalue weighted by atomic mass is 9.85. The molecule has 0 saturated heterocycles. The molecule has 0 spiro atoms. The Labute approximate surface area is 432 Å². The van der Waals surface area contributed by atoms with Gasteiger partial charge in [-0.25, -0.2) is 0 Å². The number of nitro benzene ring substituents is 1. The largest absolute Gasteiger partial charge is 0.493 e. The third-order valence-corrected chi connectivity index (χ3v) is 11.9. The average molecular weight is 1040 g/mol. The molecule has 1 aromatic carbocycles. The molecule has 11 N–H and O–H groups in total. The Kier molecular flexibility index (Phi) is 32.9. The molecule has 0 aliphatic rings. The van der Waals surface area contributed by atoms with Gasteiger partial charge in [0.25, 0.3) is 5.69 Å². The molecule has 4 unspecified atom stereocenters. The zero-order valence-corrected chi connectivity index (χ0v) is 43.2. The Morgan fingerprint density at radius 3 is 1.86 bits per heavy atom. The maximum atomic E-state index is 13.6. The van der Waals surface area contributed by atoms with E-state index in [1.54, 1.807) is 0 Å². The van der Waals surface area contributed by atoms with Crippen molar-refractivity contribution in [2.45, 2.75) is 155 Å². The molecule has 25 nitrogen and oxygen atoms in total. The number of carbonyl (C=O) groups excluding carboxylic acids is 8. The number of benzene rings is 1. The van der Waals surface area contributed by atoms with Gasteiger partial charge in [0.05, 0.1) is 30.3 Å². The predicted octanol–water partition coefficient (Wildman–Crippen LogP) is 4.95. The number of primary amides is 1. The van der Waals surface area contributed by atoms with Crippen LogP contribution in [0.1, 0.15) is 160 Å². The van der Waals surface area contributed by atoms with E-state index < -0.39 is 40.7 Å². The maximum Gasteiger partial charge on any atom is 0.306 e. The van der Waals surface area contributed by atoms with Crippen LogP contribution in [0.2, 0.25) is 0 Å².